The Morgan fingerprint density at radius 2 is 2.11 bits per heavy atom. The Morgan fingerprint density at radius 3 is 2.89 bits per heavy atom. The predicted molar refractivity (Wildman–Crippen MR) is 101 cm³/mol. The topological polar surface area (TPSA) is 71.8 Å². The van der Waals surface area contributed by atoms with Gasteiger partial charge in [-0.05, 0) is 30.2 Å². The molecule has 0 aliphatic carbocycles. The van der Waals surface area contributed by atoms with Crippen molar-refractivity contribution in [1.82, 2.24) is 24.6 Å². The summed E-state index contributed by atoms with van der Waals surface area (Å²) in [4.78, 5) is 23.9. The van der Waals surface area contributed by atoms with Crippen LogP contribution < -0.4 is 5.32 Å². The molecule has 0 bridgehead atoms. The zero-order chi connectivity index (χ0) is 18.6. The van der Waals surface area contributed by atoms with Crippen molar-refractivity contribution in [3.63, 3.8) is 0 Å². The van der Waals surface area contributed by atoms with Crippen LogP contribution in [0.5, 0.6) is 0 Å². The third-order valence-corrected chi connectivity index (χ3v) is 4.75. The van der Waals surface area contributed by atoms with Crippen molar-refractivity contribution < 1.29 is 9.53 Å². The number of pyridine rings is 2. The van der Waals surface area contributed by atoms with Gasteiger partial charge in [-0.25, -0.2) is 4.98 Å². The van der Waals surface area contributed by atoms with E-state index in [1.165, 1.54) is 5.56 Å². The lowest BCUT2D eigenvalue weighted by atomic mass is 10.1. The molecule has 3 aromatic rings. The first-order chi connectivity index (χ1) is 13.2. The van der Waals surface area contributed by atoms with E-state index in [-0.39, 0.29) is 11.9 Å². The molecule has 1 amide bonds. The highest BCUT2D eigenvalue weighted by Crippen LogP contribution is 2.21. The van der Waals surface area contributed by atoms with E-state index in [9.17, 15) is 4.79 Å². The van der Waals surface area contributed by atoms with Crippen molar-refractivity contribution in [2.75, 3.05) is 26.3 Å². The molecule has 4 heterocycles. The summed E-state index contributed by atoms with van der Waals surface area (Å²) >= 11 is 0. The quantitative estimate of drug-likeness (QED) is 0.746. The molecule has 0 saturated carbocycles. The first-order valence-electron chi connectivity index (χ1n) is 9.14. The number of nitrogens with one attached hydrogen (secondary N) is 1. The molecular formula is C20H23N5O2. The minimum Gasteiger partial charge on any atom is -0.379 e. The number of hydrogen-bond donors (Lipinski definition) is 1. The number of amides is 1. The molecule has 1 saturated heterocycles. The molecule has 7 heteroatoms. The van der Waals surface area contributed by atoms with Gasteiger partial charge < -0.3 is 14.5 Å². The molecule has 7 nitrogen and oxygen atoms in total. The van der Waals surface area contributed by atoms with Gasteiger partial charge in [0.25, 0.3) is 0 Å². The molecule has 1 aliphatic rings. The molecule has 4 rings (SSSR count). The van der Waals surface area contributed by atoms with Crippen LogP contribution in [0.25, 0.3) is 5.65 Å². The lowest BCUT2D eigenvalue weighted by Gasteiger charge is -2.33. The van der Waals surface area contributed by atoms with Gasteiger partial charge in [-0.1, -0.05) is 12.1 Å². The van der Waals surface area contributed by atoms with E-state index in [0.717, 1.165) is 30.0 Å². The third kappa shape index (κ3) is 3.99. The maximum Gasteiger partial charge on any atom is 0.242 e. The lowest BCUT2D eigenvalue weighted by Crippen LogP contribution is -2.45. The fourth-order valence-electron chi connectivity index (χ4n) is 3.42. The maximum absolute atomic E-state index is 13.0. The summed E-state index contributed by atoms with van der Waals surface area (Å²) in [5.41, 5.74) is 3.77. The Hall–Kier alpha value is -2.77. The number of morpholine rings is 1. The summed E-state index contributed by atoms with van der Waals surface area (Å²) in [5.74, 6) is -0.0434. The van der Waals surface area contributed by atoms with Crippen molar-refractivity contribution in [3.05, 3.63) is 65.9 Å². The number of rotatable bonds is 5. The number of hydrogen-bond acceptors (Lipinski definition) is 5. The average molecular weight is 365 g/mol. The first-order valence-corrected chi connectivity index (χ1v) is 9.14. The van der Waals surface area contributed by atoms with Crippen molar-refractivity contribution in [1.29, 1.82) is 0 Å². The predicted octanol–water partition coefficient (Wildman–Crippen LogP) is 1.73. The van der Waals surface area contributed by atoms with E-state index >= 15 is 0 Å². The van der Waals surface area contributed by atoms with Gasteiger partial charge in [-0.3, -0.25) is 14.7 Å². The van der Waals surface area contributed by atoms with Gasteiger partial charge in [0.05, 0.1) is 25.5 Å². The molecule has 0 unspecified atom stereocenters. The number of fused-ring (bicyclic) bond motifs is 1. The number of aromatic nitrogens is 3. The van der Waals surface area contributed by atoms with Gasteiger partial charge in [-0.15, -0.1) is 0 Å². The minimum absolute atomic E-state index is 0.0434. The van der Waals surface area contributed by atoms with Crippen molar-refractivity contribution in [2.45, 2.75) is 19.5 Å². The van der Waals surface area contributed by atoms with E-state index < -0.39 is 0 Å². The molecule has 27 heavy (non-hydrogen) atoms. The Morgan fingerprint density at radius 1 is 1.26 bits per heavy atom. The van der Waals surface area contributed by atoms with Crippen LogP contribution in [0, 0.1) is 6.92 Å². The molecule has 1 atom stereocenters. The van der Waals surface area contributed by atoms with Crippen LogP contribution in [0.1, 0.15) is 22.9 Å². The monoisotopic (exact) mass is 365 g/mol. The first kappa shape index (κ1) is 17.6. The van der Waals surface area contributed by atoms with Crippen LogP contribution in [0.4, 0.5) is 0 Å². The average Bonchev–Trinajstić information content (AvgIpc) is 3.10. The summed E-state index contributed by atoms with van der Waals surface area (Å²) in [6.07, 6.45) is 7.46. The highest BCUT2D eigenvalue weighted by atomic mass is 16.5. The van der Waals surface area contributed by atoms with Crippen LogP contribution in [-0.4, -0.2) is 51.5 Å². The third-order valence-electron chi connectivity index (χ3n) is 4.75. The summed E-state index contributed by atoms with van der Waals surface area (Å²) in [6, 6.07) is 7.44. The van der Waals surface area contributed by atoms with E-state index in [1.54, 1.807) is 12.4 Å². The van der Waals surface area contributed by atoms with Gasteiger partial charge in [0.2, 0.25) is 5.91 Å². The number of nitrogens with zero attached hydrogens (tertiary/aromatic N) is 4. The van der Waals surface area contributed by atoms with Crippen LogP contribution >= 0.6 is 0 Å². The number of imidazole rings is 1. The van der Waals surface area contributed by atoms with Gasteiger partial charge >= 0.3 is 0 Å². The van der Waals surface area contributed by atoms with Gasteiger partial charge in [0, 0.05) is 37.9 Å². The smallest absolute Gasteiger partial charge is 0.242 e. The van der Waals surface area contributed by atoms with Crippen LogP contribution in [0.2, 0.25) is 0 Å². The molecule has 3 aromatic heterocycles. The van der Waals surface area contributed by atoms with Crippen molar-refractivity contribution in [3.8, 4) is 0 Å². The Kier molecular flexibility index (Phi) is 5.13. The molecule has 1 aliphatic heterocycles. The highest BCUT2D eigenvalue weighted by Gasteiger charge is 2.29. The van der Waals surface area contributed by atoms with E-state index in [4.69, 9.17) is 4.74 Å². The number of aryl methyl sites for hydroxylation is 1. The van der Waals surface area contributed by atoms with Gasteiger partial charge in [-0.2, -0.15) is 0 Å². The Balaban J connectivity index is 1.50. The van der Waals surface area contributed by atoms with Crippen LogP contribution in [-0.2, 0) is 16.1 Å². The largest absolute Gasteiger partial charge is 0.379 e. The zero-order valence-corrected chi connectivity index (χ0v) is 15.3. The fourth-order valence-corrected chi connectivity index (χ4v) is 3.42. The van der Waals surface area contributed by atoms with E-state index in [1.807, 2.05) is 48.0 Å². The van der Waals surface area contributed by atoms with Crippen molar-refractivity contribution >= 4 is 11.6 Å². The molecule has 1 N–H and O–H groups in total. The molecule has 140 valence electrons. The standard InChI is InChI=1S/C20H23N5O2/c1-15-4-5-18-23-17(14-25(18)13-15)12-22-20(26)19(16-3-2-6-21-11-16)24-7-9-27-10-8-24/h2-6,11,13-14,19H,7-10,12H2,1H3,(H,22,26)/t19-/m1/s1. The molecule has 0 aromatic carbocycles. The fraction of sp³-hybridized carbons (Fsp3) is 0.350. The number of carbonyl (C=O) groups is 1. The second-order valence-electron chi connectivity index (χ2n) is 6.76. The van der Waals surface area contributed by atoms with Crippen LogP contribution in [0.3, 0.4) is 0 Å². The van der Waals surface area contributed by atoms with Gasteiger partial charge in [0.1, 0.15) is 11.7 Å². The number of ether oxygens (including phenoxy) is 1. The summed E-state index contributed by atoms with van der Waals surface area (Å²) in [5, 5.41) is 3.05. The van der Waals surface area contributed by atoms with E-state index in [0.29, 0.717) is 19.8 Å². The Labute approximate surface area is 158 Å². The Bertz CT molecular complexity index is 919. The van der Waals surface area contributed by atoms with E-state index in [2.05, 4.69) is 20.2 Å². The zero-order valence-electron chi connectivity index (χ0n) is 15.3. The summed E-state index contributed by atoms with van der Waals surface area (Å²) in [6.45, 7) is 5.15. The number of carbonyl (C=O) groups excluding carboxylic acids is 1. The molecular weight excluding hydrogens is 342 g/mol. The van der Waals surface area contributed by atoms with Gasteiger partial charge in [0.15, 0.2) is 0 Å². The van der Waals surface area contributed by atoms with Crippen molar-refractivity contribution in [2.24, 2.45) is 0 Å². The molecule has 1 fully saturated rings. The second-order valence-corrected chi connectivity index (χ2v) is 6.76. The maximum atomic E-state index is 13.0. The minimum atomic E-state index is -0.373. The summed E-state index contributed by atoms with van der Waals surface area (Å²) in [7, 11) is 0. The lowest BCUT2D eigenvalue weighted by molar-refractivity contribution is -0.128. The molecule has 0 spiro atoms. The molecule has 0 radical (unpaired) electrons. The highest BCUT2D eigenvalue weighted by molar-refractivity contribution is 5.83. The second kappa shape index (κ2) is 7.85. The summed E-state index contributed by atoms with van der Waals surface area (Å²) < 4.78 is 7.42. The SMILES string of the molecule is Cc1ccc2nc(CNC(=O)[C@@H](c3cccnc3)N3CCOCC3)cn2c1. The van der Waals surface area contributed by atoms with Crippen LogP contribution in [0.15, 0.2) is 49.1 Å². The normalized spacial score (nSPS) is 16.3.